The molecule has 0 amide bonds. The Morgan fingerprint density at radius 1 is 1.07 bits per heavy atom. The van der Waals surface area contributed by atoms with Crippen molar-refractivity contribution < 1.29 is 22.3 Å². The lowest BCUT2D eigenvalue weighted by Gasteiger charge is -2.33. The first-order valence-corrected chi connectivity index (χ1v) is 11.7. The average Bonchev–Trinajstić information content (AvgIpc) is 3.25. The Bertz CT molecular complexity index is 861. The Morgan fingerprint density at radius 2 is 1.79 bits per heavy atom. The van der Waals surface area contributed by atoms with Crippen molar-refractivity contribution in [2.75, 3.05) is 32.8 Å². The second-order valence-corrected chi connectivity index (χ2v) is 8.72. The van der Waals surface area contributed by atoms with Gasteiger partial charge in [-0.2, -0.15) is 0 Å². The third-order valence-corrected chi connectivity index (χ3v) is 6.42. The SMILES string of the molecule is CCOc1ccc(S(=O)(=O)NCC(c2ccco2)N2CCCCC2)cc1OCC. The molecule has 0 radical (unpaired) electrons. The number of furan rings is 1. The van der Waals surface area contributed by atoms with E-state index in [4.69, 9.17) is 13.9 Å². The highest BCUT2D eigenvalue weighted by Gasteiger charge is 2.27. The smallest absolute Gasteiger partial charge is 0.240 e. The van der Waals surface area contributed by atoms with Crippen LogP contribution in [0.1, 0.15) is 44.9 Å². The summed E-state index contributed by atoms with van der Waals surface area (Å²) in [4.78, 5) is 2.44. The number of benzene rings is 1. The highest BCUT2D eigenvalue weighted by Crippen LogP contribution is 2.31. The van der Waals surface area contributed by atoms with Gasteiger partial charge in [-0.3, -0.25) is 4.90 Å². The molecule has 2 aromatic rings. The van der Waals surface area contributed by atoms with Crippen LogP contribution in [0.4, 0.5) is 0 Å². The first-order chi connectivity index (χ1) is 14.0. The van der Waals surface area contributed by atoms with Gasteiger partial charge in [-0.25, -0.2) is 13.1 Å². The zero-order chi connectivity index (χ0) is 20.7. The second-order valence-electron chi connectivity index (χ2n) is 6.95. The Labute approximate surface area is 173 Å². The molecule has 3 rings (SSSR count). The zero-order valence-electron chi connectivity index (χ0n) is 17.1. The Morgan fingerprint density at radius 3 is 2.45 bits per heavy atom. The van der Waals surface area contributed by atoms with E-state index in [1.165, 1.54) is 12.5 Å². The van der Waals surface area contributed by atoms with Gasteiger partial charge >= 0.3 is 0 Å². The number of nitrogens with one attached hydrogen (secondary N) is 1. The molecule has 1 atom stereocenters. The van der Waals surface area contributed by atoms with Gasteiger partial charge in [0.25, 0.3) is 0 Å². The molecule has 29 heavy (non-hydrogen) atoms. The maximum Gasteiger partial charge on any atom is 0.240 e. The van der Waals surface area contributed by atoms with Crippen LogP contribution >= 0.6 is 0 Å². The van der Waals surface area contributed by atoms with Crippen molar-refractivity contribution in [2.24, 2.45) is 0 Å². The van der Waals surface area contributed by atoms with Gasteiger partial charge in [0.2, 0.25) is 10.0 Å². The lowest BCUT2D eigenvalue weighted by molar-refractivity contribution is 0.147. The molecular formula is C21H30N2O5S. The second kappa shape index (κ2) is 10.1. The van der Waals surface area contributed by atoms with Crippen LogP contribution in [0.2, 0.25) is 0 Å². The van der Waals surface area contributed by atoms with E-state index < -0.39 is 10.0 Å². The fourth-order valence-electron chi connectivity index (χ4n) is 3.59. The maximum absolute atomic E-state index is 13.0. The van der Waals surface area contributed by atoms with Crippen molar-refractivity contribution in [3.63, 3.8) is 0 Å². The van der Waals surface area contributed by atoms with Gasteiger partial charge in [0.1, 0.15) is 5.76 Å². The number of sulfonamides is 1. The minimum Gasteiger partial charge on any atom is -0.490 e. The van der Waals surface area contributed by atoms with E-state index in [-0.39, 0.29) is 17.5 Å². The highest BCUT2D eigenvalue weighted by atomic mass is 32.2. The van der Waals surface area contributed by atoms with E-state index in [2.05, 4.69) is 9.62 Å². The number of likely N-dealkylation sites (tertiary alicyclic amines) is 1. The van der Waals surface area contributed by atoms with Gasteiger partial charge in [0, 0.05) is 12.6 Å². The summed E-state index contributed by atoms with van der Waals surface area (Å²) in [6.07, 6.45) is 5.06. The van der Waals surface area contributed by atoms with Crippen LogP contribution < -0.4 is 14.2 Å². The van der Waals surface area contributed by atoms with Crippen molar-refractivity contribution in [1.29, 1.82) is 0 Å². The summed E-state index contributed by atoms with van der Waals surface area (Å²) in [5.41, 5.74) is 0. The van der Waals surface area contributed by atoms with E-state index in [0.717, 1.165) is 31.7 Å². The van der Waals surface area contributed by atoms with Crippen LogP contribution in [0.25, 0.3) is 0 Å². The van der Waals surface area contributed by atoms with Gasteiger partial charge in [-0.15, -0.1) is 0 Å². The summed E-state index contributed by atoms with van der Waals surface area (Å²) in [5, 5.41) is 0. The van der Waals surface area contributed by atoms with Crippen LogP contribution in [0.5, 0.6) is 11.5 Å². The first kappa shape index (κ1) is 21.7. The molecule has 2 heterocycles. The minimum atomic E-state index is -3.71. The number of rotatable bonds is 10. The topological polar surface area (TPSA) is 81.0 Å². The predicted molar refractivity (Wildman–Crippen MR) is 111 cm³/mol. The van der Waals surface area contributed by atoms with Gasteiger partial charge in [0.05, 0.1) is 30.4 Å². The molecule has 160 valence electrons. The molecule has 0 aliphatic carbocycles. The predicted octanol–water partition coefficient (Wildman–Crippen LogP) is 3.58. The normalized spacial score (nSPS) is 16.5. The molecule has 1 aromatic carbocycles. The van der Waals surface area contributed by atoms with Crippen LogP contribution in [0, 0.1) is 0 Å². The van der Waals surface area contributed by atoms with E-state index in [1.54, 1.807) is 18.4 Å². The lowest BCUT2D eigenvalue weighted by atomic mass is 10.1. The molecule has 1 saturated heterocycles. The van der Waals surface area contributed by atoms with Gasteiger partial charge in [-0.05, 0) is 64.0 Å². The summed E-state index contributed by atoms with van der Waals surface area (Å²) in [7, 11) is -3.71. The highest BCUT2D eigenvalue weighted by molar-refractivity contribution is 7.89. The van der Waals surface area contributed by atoms with Crippen LogP contribution in [-0.4, -0.2) is 46.2 Å². The molecule has 0 spiro atoms. The van der Waals surface area contributed by atoms with Crippen LogP contribution in [-0.2, 0) is 10.0 Å². The van der Waals surface area contributed by atoms with Gasteiger partial charge < -0.3 is 13.9 Å². The Kier molecular flexibility index (Phi) is 7.57. The first-order valence-electron chi connectivity index (χ1n) is 10.2. The zero-order valence-corrected chi connectivity index (χ0v) is 17.9. The van der Waals surface area contributed by atoms with Crippen molar-refractivity contribution in [1.82, 2.24) is 9.62 Å². The molecule has 1 aliphatic heterocycles. The molecular weight excluding hydrogens is 392 g/mol. The number of hydrogen-bond acceptors (Lipinski definition) is 6. The van der Waals surface area contributed by atoms with Crippen molar-refractivity contribution in [2.45, 2.75) is 44.0 Å². The molecule has 7 nitrogen and oxygen atoms in total. The summed E-state index contributed by atoms with van der Waals surface area (Å²) < 4.78 is 45.4. The average molecular weight is 423 g/mol. The van der Waals surface area contributed by atoms with Gasteiger partial charge in [-0.1, -0.05) is 6.42 Å². The largest absolute Gasteiger partial charge is 0.490 e. The molecule has 1 N–H and O–H groups in total. The van der Waals surface area contributed by atoms with Crippen molar-refractivity contribution in [3.05, 3.63) is 42.4 Å². The number of ether oxygens (including phenoxy) is 2. The summed E-state index contributed by atoms with van der Waals surface area (Å²) in [6, 6.07) is 8.30. The Balaban J connectivity index is 1.77. The molecule has 0 bridgehead atoms. The monoisotopic (exact) mass is 422 g/mol. The molecule has 1 unspecified atom stereocenters. The number of hydrogen-bond donors (Lipinski definition) is 1. The minimum absolute atomic E-state index is 0.130. The van der Waals surface area contributed by atoms with E-state index in [9.17, 15) is 8.42 Å². The molecule has 1 fully saturated rings. The molecule has 8 heteroatoms. The summed E-state index contributed by atoms with van der Waals surface area (Å²) >= 11 is 0. The van der Waals surface area contributed by atoms with Gasteiger partial charge in [0.15, 0.2) is 11.5 Å². The van der Waals surface area contributed by atoms with Crippen LogP contribution in [0.3, 0.4) is 0 Å². The molecule has 0 saturated carbocycles. The summed E-state index contributed by atoms with van der Waals surface area (Å²) in [5.74, 6) is 1.74. The van der Waals surface area contributed by atoms with Crippen molar-refractivity contribution >= 4 is 10.0 Å². The number of nitrogens with zero attached hydrogens (tertiary/aromatic N) is 1. The Hall–Kier alpha value is -2.03. The molecule has 1 aliphatic rings. The third-order valence-electron chi connectivity index (χ3n) is 4.99. The maximum atomic E-state index is 13.0. The van der Waals surface area contributed by atoms with E-state index in [1.807, 2.05) is 26.0 Å². The van der Waals surface area contributed by atoms with Crippen LogP contribution in [0.15, 0.2) is 45.9 Å². The van der Waals surface area contributed by atoms with E-state index in [0.29, 0.717) is 24.7 Å². The fraction of sp³-hybridized carbons (Fsp3) is 0.524. The quantitative estimate of drug-likeness (QED) is 0.630. The van der Waals surface area contributed by atoms with Crippen molar-refractivity contribution in [3.8, 4) is 11.5 Å². The van der Waals surface area contributed by atoms with E-state index >= 15 is 0 Å². The standard InChI is InChI=1S/C21H30N2O5S/c1-3-26-20-11-10-17(15-21(20)27-4-2)29(24,25)22-16-18(19-9-8-14-28-19)23-12-6-5-7-13-23/h8-11,14-15,18,22H,3-7,12-13,16H2,1-2H3. The lowest BCUT2D eigenvalue weighted by Crippen LogP contribution is -2.40. The molecule has 1 aromatic heterocycles. The fourth-order valence-corrected chi connectivity index (χ4v) is 4.64. The third kappa shape index (κ3) is 5.52. The summed E-state index contributed by atoms with van der Waals surface area (Å²) in [6.45, 7) is 6.74. The number of piperidine rings is 1.